The number of ether oxygens (including phenoxy) is 1. The second-order valence-electron chi connectivity index (χ2n) is 9.19. The van der Waals surface area contributed by atoms with E-state index in [1.807, 2.05) is 30.3 Å². The molecule has 2 aromatic heterocycles. The van der Waals surface area contributed by atoms with E-state index in [-0.39, 0.29) is 11.6 Å². The Kier molecular flexibility index (Phi) is 7.71. The number of hydrogen-bond acceptors (Lipinski definition) is 8. The number of hydrogen-bond donors (Lipinski definition) is 3. The van der Waals surface area contributed by atoms with Gasteiger partial charge in [0.15, 0.2) is 0 Å². The van der Waals surface area contributed by atoms with Gasteiger partial charge >= 0.3 is 0 Å². The first-order chi connectivity index (χ1) is 18.7. The van der Waals surface area contributed by atoms with E-state index >= 15 is 0 Å². The SMILES string of the molecule is CNC(=O)c1cc(Oc2ccc3nc(Nc4ccc(Cl)c(CN5CCN(S(C)(=O)=O)CC5)c4)[nH]c3c2)ccn1. The largest absolute Gasteiger partial charge is 0.457 e. The molecule has 39 heavy (non-hydrogen) atoms. The number of piperazine rings is 1. The molecule has 4 aromatic rings. The molecule has 0 unspecified atom stereocenters. The molecule has 3 N–H and O–H groups in total. The van der Waals surface area contributed by atoms with E-state index in [1.54, 1.807) is 25.2 Å². The van der Waals surface area contributed by atoms with Crippen molar-refractivity contribution < 1.29 is 17.9 Å². The van der Waals surface area contributed by atoms with Crippen LogP contribution in [0.2, 0.25) is 5.02 Å². The maximum atomic E-state index is 11.8. The van der Waals surface area contributed by atoms with E-state index in [2.05, 4.69) is 30.5 Å². The van der Waals surface area contributed by atoms with Crippen molar-refractivity contribution in [2.45, 2.75) is 6.54 Å². The highest BCUT2D eigenvalue weighted by atomic mass is 35.5. The van der Waals surface area contributed by atoms with Crippen molar-refractivity contribution in [2.24, 2.45) is 0 Å². The van der Waals surface area contributed by atoms with Crippen LogP contribution in [0.25, 0.3) is 11.0 Å². The number of rotatable bonds is 8. The molecule has 0 saturated carbocycles. The standard InChI is InChI=1S/C26H28ClN7O4S/c1-28-25(35)24-15-20(7-8-29-24)38-19-4-6-22-23(14-19)32-26(31-22)30-18-3-5-21(27)17(13-18)16-33-9-11-34(12-10-33)39(2,36)37/h3-8,13-15H,9-12,16H2,1-2H3,(H,28,35)(H2,30,31,32). The van der Waals surface area contributed by atoms with Crippen molar-refractivity contribution in [1.29, 1.82) is 0 Å². The summed E-state index contributed by atoms with van der Waals surface area (Å²) in [5, 5.41) is 6.49. The van der Waals surface area contributed by atoms with Crippen molar-refractivity contribution >= 4 is 50.2 Å². The van der Waals surface area contributed by atoms with Gasteiger partial charge in [0.05, 0.1) is 17.3 Å². The molecule has 1 aliphatic heterocycles. The highest BCUT2D eigenvalue weighted by molar-refractivity contribution is 7.88. The number of fused-ring (bicyclic) bond motifs is 1. The van der Waals surface area contributed by atoms with Crippen molar-refractivity contribution in [3.05, 3.63) is 71.0 Å². The van der Waals surface area contributed by atoms with Gasteiger partial charge in [0, 0.05) is 68.8 Å². The van der Waals surface area contributed by atoms with E-state index in [0.717, 1.165) is 22.3 Å². The number of aromatic nitrogens is 3. The van der Waals surface area contributed by atoms with Crippen LogP contribution in [0.15, 0.2) is 54.7 Å². The van der Waals surface area contributed by atoms with Crippen LogP contribution in [0.3, 0.4) is 0 Å². The molecule has 0 aliphatic carbocycles. The maximum Gasteiger partial charge on any atom is 0.269 e. The van der Waals surface area contributed by atoms with Crippen molar-refractivity contribution in [3.63, 3.8) is 0 Å². The number of nitrogens with zero attached hydrogens (tertiary/aromatic N) is 4. The molecule has 1 fully saturated rings. The van der Waals surface area contributed by atoms with Crippen LogP contribution in [0.5, 0.6) is 11.5 Å². The minimum atomic E-state index is -3.17. The van der Waals surface area contributed by atoms with E-state index in [0.29, 0.717) is 55.2 Å². The van der Waals surface area contributed by atoms with Gasteiger partial charge < -0.3 is 20.4 Å². The lowest BCUT2D eigenvalue weighted by Gasteiger charge is -2.33. The molecule has 0 atom stereocenters. The van der Waals surface area contributed by atoms with Gasteiger partial charge in [-0.15, -0.1) is 0 Å². The third-order valence-corrected chi connectivity index (χ3v) is 8.05. The topological polar surface area (TPSA) is 133 Å². The average Bonchev–Trinajstić information content (AvgIpc) is 3.31. The second-order valence-corrected chi connectivity index (χ2v) is 11.6. The number of carbonyl (C=O) groups excluding carboxylic acids is 1. The van der Waals surface area contributed by atoms with Crippen LogP contribution in [-0.4, -0.2) is 78.0 Å². The van der Waals surface area contributed by atoms with Gasteiger partial charge in [-0.05, 0) is 42.0 Å². The fraction of sp³-hybridized carbons (Fsp3) is 0.269. The zero-order chi connectivity index (χ0) is 27.6. The number of carbonyl (C=O) groups is 1. The molecule has 11 nitrogen and oxygen atoms in total. The Balaban J connectivity index is 1.26. The molecule has 204 valence electrons. The molecule has 3 heterocycles. The third kappa shape index (κ3) is 6.48. The molecule has 13 heteroatoms. The molecule has 1 saturated heterocycles. The third-order valence-electron chi connectivity index (χ3n) is 6.38. The Morgan fingerprint density at radius 3 is 2.59 bits per heavy atom. The number of imidazole rings is 1. The van der Waals surface area contributed by atoms with Crippen LogP contribution in [-0.2, 0) is 16.6 Å². The van der Waals surface area contributed by atoms with Gasteiger partial charge in [-0.25, -0.2) is 13.4 Å². The number of nitrogens with one attached hydrogen (secondary N) is 3. The molecule has 0 radical (unpaired) electrons. The van der Waals surface area contributed by atoms with Crippen molar-refractivity contribution in [2.75, 3.05) is 44.8 Å². The van der Waals surface area contributed by atoms with E-state index in [4.69, 9.17) is 16.3 Å². The summed E-state index contributed by atoms with van der Waals surface area (Å²) < 4.78 is 31.0. The van der Waals surface area contributed by atoms with E-state index < -0.39 is 10.0 Å². The second kappa shape index (κ2) is 11.2. The molecule has 1 amide bonds. The lowest BCUT2D eigenvalue weighted by atomic mass is 10.1. The fourth-order valence-corrected chi connectivity index (χ4v) is 5.35. The number of pyridine rings is 1. The molecule has 2 aromatic carbocycles. The summed E-state index contributed by atoms with van der Waals surface area (Å²) in [4.78, 5) is 26.0. The Bertz CT molecular complexity index is 1620. The molecule has 1 aliphatic rings. The number of anilines is 2. The molecular weight excluding hydrogens is 542 g/mol. The quantitative estimate of drug-likeness (QED) is 0.293. The van der Waals surface area contributed by atoms with E-state index in [9.17, 15) is 13.2 Å². The monoisotopic (exact) mass is 569 g/mol. The summed E-state index contributed by atoms with van der Waals surface area (Å²) in [6.45, 7) is 2.83. The first-order valence-electron chi connectivity index (χ1n) is 12.3. The zero-order valence-electron chi connectivity index (χ0n) is 21.4. The van der Waals surface area contributed by atoms with Gasteiger partial charge in [0.25, 0.3) is 5.91 Å². The maximum absolute atomic E-state index is 11.8. The van der Waals surface area contributed by atoms with Crippen LogP contribution < -0.4 is 15.4 Å². The summed E-state index contributed by atoms with van der Waals surface area (Å²) in [5.41, 5.74) is 3.55. The lowest BCUT2D eigenvalue weighted by Crippen LogP contribution is -2.47. The van der Waals surface area contributed by atoms with Gasteiger partial charge in [0.2, 0.25) is 16.0 Å². The smallest absolute Gasteiger partial charge is 0.269 e. The van der Waals surface area contributed by atoms with Crippen molar-refractivity contribution in [1.82, 2.24) is 29.5 Å². The number of sulfonamides is 1. The normalized spacial score (nSPS) is 14.8. The number of H-pyrrole nitrogens is 1. The van der Waals surface area contributed by atoms with Crippen LogP contribution >= 0.6 is 11.6 Å². The molecule has 0 bridgehead atoms. The highest BCUT2D eigenvalue weighted by Gasteiger charge is 2.23. The Labute approximate surface area is 231 Å². The average molecular weight is 570 g/mol. The predicted octanol–water partition coefficient (Wildman–Crippen LogP) is 3.58. The molecule has 5 rings (SSSR count). The molecular formula is C26H28ClN7O4S. The summed E-state index contributed by atoms with van der Waals surface area (Å²) in [6, 6.07) is 14.4. The number of amides is 1. The first kappa shape index (κ1) is 26.9. The predicted molar refractivity (Wildman–Crippen MR) is 150 cm³/mol. The van der Waals surface area contributed by atoms with Crippen molar-refractivity contribution in [3.8, 4) is 11.5 Å². The lowest BCUT2D eigenvalue weighted by molar-refractivity contribution is 0.0958. The Morgan fingerprint density at radius 2 is 1.85 bits per heavy atom. The minimum Gasteiger partial charge on any atom is -0.457 e. The number of benzene rings is 2. The molecule has 0 spiro atoms. The zero-order valence-corrected chi connectivity index (χ0v) is 23.0. The highest BCUT2D eigenvalue weighted by Crippen LogP contribution is 2.28. The van der Waals surface area contributed by atoms with E-state index in [1.165, 1.54) is 16.8 Å². The number of halogens is 1. The van der Waals surface area contributed by atoms with Gasteiger partial charge in [-0.1, -0.05) is 11.6 Å². The first-order valence-corrected chi connectivity index (χ1v) is 14.5. The fourth-order valence-electron chi connectivity index (χ4n) is 4.34. The van der Waals surface area contributed by atoms with Crippen LogP contribution in [0.1, 0.15) is 16.1 Å². The summed E-state index contributed by atoms with van der Waals surface area (Å²) in [6.07, 6.45) is 2.76. The van der Waals surface area contributed by atoms with Crippen LogP contribution in [0.4, 0.5) is 11.6 Å². The Morgan fingerprint density at radius 1 is 1.08 bits per heavy atom. The Hall–Kier alpha value is -3.71. The number of aromatic amines is 1. The minimum absolute atomic E-state index is 0.266. The van der Waals surface area contributed by atoms with Gasteiger partial charge in [-0.2, -0.15) is 4.31 Å². The van der Waals surface area contributed by atoms with Gasteiger partial charge in [0.1, 0.15) is 17.2 Å². The van der Waals surface area contributed by atoms with Gasteiger partial charge in [-0.3, -0.25) is 14.7 Å². The summed E-state index contributed by atoms with van der Waals surface area (Å²) in [5.74, 6) is 1.34. The summed E-state index contributed by atoms with van der Waals surface area (Å²) >= 11 is 6.48. The van der Waals surface area contributed by atoms with Crippen LogP contribution in [0, 0.1) is 0 Å². The summed E-state index contributed by atoms with van der Waals surface area (Å²) in [7, 11) is -1.63.